The van der Waals surface area contributed by atoms with Crippen molar-refractivity contribution < 1.29 is 14.2 Å². The predicted octanol–water partition coefficient (Wildman–Crippen LogP) is 1.76. The van der Waals surface area contributed by atoms with Crippen molar-refractivity contribution in [1.82, 2.24) is 9.97 Å². The molecule has 6 nitrogen and oxygen atoms in total. The summed E-state index contributed by atoms with van der Waals surface area (Å²) >= 11 is 0. The van der Waals surface area contributed by atoms with Crippen LogP contribution >= 0.6 is 0 Å². The average molecular weight is 344 g/mol. The van der Waals surface area contributed by atoms with Gasteiger partial charge in [0.25, 0.3) is 0 Å². The number of anilines is 2. The molecule has 25 heavy (non-hydrogen) atoms. The lowest BCUT2D eigenvalue weighted by Crippen LogP contribution is -2.37. The van der Waals surface area contributed by atoms with E-state index in [2.05, 4.69) is 14.8 Å². The molecule has 0 radical (unpaired) electrons. The molecule has 2 saturated heterocycles. The second-order valence-electron chi connectivity index (χ2n) is 6.42. The SMILES string of the molecule is O[C@H]1C[C@H](c2ccc(F)cc2)N(c2ccnc(N3CCOCC3)n2)C1. The molecule has 0 bridgehead atoms. The van der Waals surface area contributed by atoms with E-state index in [1.807, 2.05) is 6.07 Å². The van der Waals surface area contributed by atoms with Gasteiger partial charge in [-0.3, -0.25) is 0 Å². The topological polar surface area (TPSA) is 61.7 Å². The van der Waals surface area contributed by atoms with Gasteiger partial charge in [0.05, 0.1) is 25.4 Å². The van der Waals surface area contributed by atoms with E-state index >= 15 is 0 Å². The number of nitrogens with zero attached hydrogens (tertiary/aromatic N) is 4. The standard InChI is InChI=1S/C18H21FN4O2/c19-14-3-1-13(2-4-14)16-11-15(24)12-23(16)17-5-6-20-18(21-17)22-7-9-25-10-8-22/h1-6,15-16,24H,7-12H2/t15-,16+/m0/s1. The quantitative estimate of drug-likeness (QED) is 0.916. The van der Waals surface area contributed by atoms with Gasteiger partial charge in [0.15, 0.2) is 0 Å². The van der Waals surface area contributed by atoms with Gasteiger partial charge in [0.1, 0.15) is 11.6 Å². The molecule has 2 aliphatic rings. The molecule has 0 saturated carbocycles. The minimum atomic E-state index is -0.433. The number of morpholine rings is 1. The molecule has 3 heterocycles. The highest BCUT2D eigenvalue weighted by Gasteiger charge is 2.33. The monoisotopic (exact) mass is 344 g/mol. The Morgan fingerprint density at radius 1 is 1.12 bits per heavy atom. The van der Waals surface area contributed by atoms with E-state index in [-0.39, 0.29) is 11.9 Å². The Morgan fingerprint density at radius 3 is 2.64 bits per heavy atom. The number of hydrogen-bond donors (Lipinski definition) is 1. The summed E-state index contributed by atoms with van der Waals surface area (Å²) in [6.45, 7) is 3.39. The van der Waals surface area contributed by atoms with Crippen LogP contribution in [0.1, 0.15) is 18.0 Å². The van der Waals surface area contributed by atoms with E-state index in [1.54, 1.807) is 18.3 Å². The summed E-state index contributed by atoms with van der Waals surface area (Å²) in [5.74, 6) is 1.20. The van der Waals surface area contributed by atoms with Crippen LogP contribution in [0.5, 0.6) is 0 Å². The van der Waals surface area contributed by atoms with E-state index in [0.29, 0.717) is 32.1 Å². The largest absolute Gasteiger partial charge is 0.391 e. The number of rotatable bonds is 3. The molecule has 2 atom stereocenters. The van der Waals surface area contributed by atoms with E-state index in [4.69, 9.17) is 9.72 Å². The molecule has 0 aliphatic carbocycles. The molecule has 7 heteroatoms. The van der Waals surface area contributed by atoms with Crippen LogP contribution in [0.4, 0.5) is 16.2 Å². The van der Waals surface area contributed by atoms with Crippen LogP contribution in [0, 0.1) is 5.82 Å². The van der Waals surface area contributed by atoms with Gasteiger partial charge < -0.3 is 19.6 Å². The summed E-state index contributed by atoms with van der Waals surface area (Å²) in [7, 11) is 0. The van der Waals surface area contributed by atoms with Crippen molar-refractivity contribution in [2.45, 2.75) is 18.6 Å². The fourth-order valence-electron chi connectivity index (χ4n) is 3.48. The van der Waals surface area contributed by atoms with Crippen molar-refractivity contribution in [3.8, 4) is 0 Å². The van der Waals surface area contributed by atoms with Gasteiger partial charge in [-0.25, -0.2) is 9.37 Å². The molecule has 1 N–H and O–H groups in total. The number of aliphatic hydroxyl groups is 1. The molecule has 0 unspecified atom stereocenters. The Hall–Kier alpha value is -2.25. The highest BCUT2D eigenvalue weighted by molar-refractivity contribution is 5.48. The van der Waals surface area contributed by atoms with Crippen molar-refractivity contribution in [3.05, 3.63) is 47.9 Å². The summed E-state index contributed by atoms with van der Waals surface area (Å²) in [4.78, 5) is 13.3. The lowest BCUT2D eigenvalue weighted by atomic mass is 10.0. The summed E-state index contributed by atoms with van der Waals surface area (Å²) in [6.07, 6.45) is 1.92. The summed E-state index contributed by atoms with van der Waals surface area (Å²) < 4.78 is 18.6. The number of aromatic nitrogens is 2. The van der Waals surface area contributed by atoms with Crippen LogP contribution in [-0.4, -0.2) is 54.0 Å². The number of hydrogen-bond acceptors (Lipinski definition) is 6. The third kappa shape index (κ3) is 3.43. The highest BCUT2D eigenvalue weighted by Crippen LogP contribution is 2.35. The Balaban J connectivity index is 1.61. The van der Waals surface area contributed by atoms with Crippen LogP contribution < -0.4 is 9.80 Å². The highest BCUT2D eigenvalue weighted by atomic mass is 19.1. The van der Waals surface area contributed by atoms with E-state index < -0.39 is 6.10 Å². The van der Waals surface area contributed by atoms with E-state index in [1.165, 1.54) is 12.1 Å². The normalized spacial score (nSPS) is 23.9. The summed E-state index contributed by atoms with van der Waals surface area (Å²) in [5, 5.41) is 10.2. The lowest BCUT2D eigenvalue weighted by molar-refractivity contribution is 0.122. The van der Waals surface area contributed by atoms with Crippen LogP contribution in [0.15, 0.2) is 36.5 Å². The number of halogens is 1. The second kappa shape index (κ2) is 6.93. The van der Waals surface area contributed by atoms with Crippen molar-refractivity contribution >= 4 is 11.8 Å². The molecule has 1 aromatic carbocycles. The van der Waals surface area contributed by atoms with Gasteiger partial charge in [0, 0.05) is 25.8 Å². The third-order valence-corrected chi connectivity index (χ3v) is 4.75. The zero-order chi connectivity index (χ0) is 17.2. The fraction of sp³-hybridized carbons (Fsp3) is 0.444. The molecular weight excluding hydrogens is 323 g/mol. The summed E-state index contributed by atoms with van der Waals surface area (Å²) in [5.41, 5.74) is 0.976. The Morgan fingerprint density at radius 2 is 1.88 bits per heavy atom. The molecule has 1 aromatic heterocycles. The molecule has 2 aromatic rings. The number of β-amino-alcohol motifs (C(OH)–C–C–N with tert-alkyl or cyclic N) is 1. The first-order valence-electron chi connectivity index (χ1n) is 8.56. The minimum absolute atomic E-state index is 0.0250. The van der Waals surface area contributed by atoms with Crippen molar-refractivity contribution in [2.24, 2.45) is 0 Å². The van der Waals surface area contributed by atoms with Crippen molar-refractivity contribution in [3.63, 3.8) is 0 Å². The van der Waals surface area contributed by atoms with Crippen LogP contribution in [-0.2, 0) is 4.74 Å². The third-order valence-electron chi connectivity index (χ3n) is 4.75. The van der Waals surface area contributed by atoms with Gasteiger partial charge in [-0.1, -0.05) is 12.1 Å². The fourth-order valence-corrected chi connectivity index (χ4v) is 3.48. The Kier molecular flexibility index (Phi) is 4.50. The molecule has 0 spiro atoms. The maximum atomic E-state index is 13.2. The second-order valence-corrected chi connectivity index (χ2v) is 6.42. The molecule has 2 aliphatic heterocycles. The van der Waals surface area contributed by atoms with Gasteiger partial charge in [0.2, 0.25) is 5.95 Å². The van der Waals surface area contributed by atoms with Gasteiger partial charge >= 0.3 is 0 Å². The first-order valence-corrected chi connectivity index (χ1v) is 8.56. The zero-order valence-corrected chi connectivity index (χ0v) is 13.9. The van der Waals surface area contributed by atoms with Crippen LogP contribution in [0.2, 0.25) is 0 Å². The maximum absolute atomic E-state index is 13.2. The summed E-state index contributed by atoms with van der Waals surface area (Å²) in [6, 6.07) is 8.29. The van der Waals surface area contributed by atoms with Crippen molar-refractivity contribution in [1.29, 1.82) is 0 Å². The molecule has 0 amide bonds. The Bertz CT molecular complexity index is 721. The predicted molar refractivity (Wildman–Crippen MR) is 92.2 cm³/mol. The van der Waals surface area contributed by atoms with Gasteiger partial charge in [-0.15, -0.1) is 0 Å². The van der Waals surface area contributed by atoms with Gasteiger partial charge in [-0.05, 0) is 30.2 Å². The Labute approximate surface area is 145 Å². The van der Waals surface area contributed by atoms with Crippen LogP contribution in [0.25, 0.3) is 0 Å². The lowest BCUT2D eigenvalue weighted by Gasteiger charge is -2.29. The molecule has 2 fully saturated rings. The minimum Gasteiger partial charge on any atom is -0.391 e. The first kappa shape index (κ1) is 16.2. The number of benzene rings is 1. The number of aliphatic hydroxyl groups excluding tert-OH is 1. The molecule has 4 rings (SSSR count). The van der Waals surface area contributed by atoms with Crippen molar-refractivity contribution in [2.75, 3.05) is 42.6 Å². The zero-order valence-electron chi connectivity index (χ0n) is 13.9. The van der Waals surface area contributed by atoms with E-state index in [9.17, 15) is 9.50 Å². The molecule has 132 valence electrons. The number of ether oxygens (including phenoxy) is 1. The smallest absolute Gasteiger partial charge is 0.227 e. The first-order chi connectivity index (χ1) is 12.2. The van der Waals surface area contributed by atoms with Crippen LogP contribution in [0.3, 0.4) is 0 Å². The van der Waals surface area contributed by atoms with E-state index in [0.717, 1.165) is 24.5 Å². The molecular formula is C18H21FN4O2. The maximum Gasteiger partial charge on any atom is 0.227 e. The average Bonchev–Trinajstić information content (AvgIpc) is 3.05. The van der Waals surface area contributed by atoms with Gasteiger partial charge in [-0.2, -0.15) is 4.98 Å².